The third-order valence-electron chi connectivity index (χ3n) is 5.99. The monoisotopic (exact) mass is 461 g/mol. The Bertz CT molecular complexity index is 1270. The zero-order valence-electron chi connectivity index (χ0n) is 18.7. The third kappa shape index (κ3) is 5.01. The first-order valence-corrected chi connectivity index (χ1v) is 11.3. The number of nitrogens with two attached hydrogens (primary N) is 1. The maximum absolute atomic E-state index is 12.1. The van der Waals surface area contributed by atoms with E-state index in [-0.39, 0.29) is 35.2 Å². The van der Waals surface area contributed by atoms with Crippen LogP contribution in [0.15, 0.2) is 71.8 Å². The van der Waals surface area contributed by atoms with Crippen LogP contribution in [0.25, 0.3) is 11.2 Å². The number of hydrogen-bond acceptors (Lipinski definition) is 7. The summed E-state index contributed by atoms with van der Waals surface area (Å²) in [5.74, 6) is 0.181. The average molecular weight is 462 g/mol. The fourth-order valence-corrected chi connectivity index (χ4v) is 4.18. The summed E-state index contributed by atoms with van der Waals surface area (Å²) in [6, 6.07) is 20.1. The fraction of sp³-hybridized carbons (Fsp3) is 0.320. The highest BCUT2D eigenvalue weighted by Gasteiger charge is 2.43. The maximum atomic E-state index is 12.1. The highest BCUT2D eigenvalue weighted by atomic mass is 16.6. The predicted octanol–water partition coefficient (Wildman–Crippen LogP) is 2.52. The topological polar surface area (TPSA) is 117 Å². The first-order valence-electron chi connectivity index (χ1n) is 11.3. The number of hydrogen-bond donors (Lipinski definition) is 2. The van der Waals surface area contributed by atoms with Crippen LogP contribution in [0.2, 0.25) is 0 Å². The summed E-state index contributed by atoms with van der Waals surface area (Å²) in [7, 11) is 0. The van der Waals surface area contributed by atoms with Crippen LogP contribution in [-0.2, 0) is 34.0 Å². The molecule has 1 saturated heterocycles. The van der Waals surface area contributed by atoms with Crippen molar-refractivity contribution in [2.75, 3.05) is 18.9 Å². The van der Waals surface area contributed by atoms with Gasteiger partial charge in [0.1, 0.15) is 0 Å². The lowest BCUT2D eigenvalue weighted by atomic mass is 9.90. The van der Waals surface area contributed by atoms with Crippen molar-refractivity contribution < 1.29 is 14.2 Å². The Morgan fingerprint density at radius 2 is 1.59 bits per heavy atom. The van der Waals surface area contributed by atoms with Crippen LogP contribution >= 0.6 is 0 Å². The summed E-state index contributed by atoms with van der Waals surface area (Å²) >= 11 is 0. The van der Waals surface area contributed by atoms with Crippen LogP contribution in [0, 0.1) is 5.92 Å². The highest BCUT2D eigenvalue weighted by molar-refractivity contribution is 5.70. The van der Waals surface area contributed by atoms with Crippen molar-refractivity contribution in [3.8, 4) is 0 Å². The average Bonchev–Trinajstić information content (AvgIpc) is 3.25. The minimum atomic E-state index is -0.356. The molecule has 0 amide bonds. The number of rotatable bonds is 10. The van der Waals surface area contributed by atoms with E-state index in [9.17, 15) is 4.79 Å². The van der Waals surface area contributed by atoms with Gasteiger partial charge in [-0.15, -0.1) is 0 Å². The Morgan fingerprint density at radius 1 is 0.941 bits per heavy atom. The first kappa shape index (κ1) is 22.3. The molecular formula is C25H27N5O4. The summed E-state index contributed by atoms with van der Waals surface area (Å²) in [4.78, 5) is 23.0. The van der Waals surface area contributed by atoms with Crippen LogP contribution in [0.3, 0.4) is 0 Å². The zero-order valence-corrected chi connectivity index (χ0v) is 18.7. The summed E-state index contributed by atoms with van der Waals surface area (Å²) in [5, 5.41) is 0. The van der Waals surface area contributed by atoms with Crippen molar-refractivity contribution >= 4 is 17.1 Å². The molecule has 0 bridgehead atoms. The number of nitrogens with one attached hydrogen (secondary N) is 1. The smallest absolute Gasteiger partial charge is 0.280 e. The van der Waals surface area contributed by atoms with E-state index in [1.807, 2.05) is 60.7 Å². The zero-order chi connectivity index (χ0) is 23.3. The van der Waals surface area contributed by atoms with E-state index in [0.717, 1.165) is 11.1 Å². The molecule has 2 aromatic heterocycles. The lowest BCUT2D eigenvalue weighted by Gasteiger charge is -2.44. The number of fused-ring (bicyclic) bond motifs is 1. The van der Waals surface area contributed by atoms with Gasteiger partial charge in [0.2, 0.25) is 5.95 Å². The van der Waals surface area contributed by atoms with Gasteiger partial charge in [-0.05, 0) is 11.1 Å². The second-order valence-corrected chi connectivity index (χ2v) is 8.40. The van der Waals surface area contributed by atoms with Crippen LogP contribution in [0.5, 0.6) is 0 Å². The number of nitrogens with zero attached hydrogens (tertiary/aromatic N) is 3. The van der Waals surface area contributed by atoms with Gasteiger partial charge in [0, 0.05) is 5.92 Å². The van der Waals surface area contributed by atoms with Crippen molar-refractivity contribution in [3.05, 3.63) is 88.5 Å². The molecule has 1 fully saturated rings. The Kier molecular flexibility index (Phi) is 6.66. The molecule has 0 saturated carbocycles. The molecule has 0 unspecified atom stereocenters. The molecular weight excluding hydrogens is 434 g/mol. The van der Waals surface area contributed by atoms with E-state index >= 15 is 0 Å². The molecule has 4 aromatic rings. The molecule has 9 nitrogen and oxygen atoms in total. The lowest BCUT2D eigenvalue weighted by Crippen LogP contribution is -2.55. The molecule has 0 radical (unpaired) electrons. The molecule has 3 N–H and O–H groups in total. The van der Waals surface area contributed by atoms with Gasteiger partial charge in [-0.1, -0.05) is 60.7 Å². The van der Waals surface area contributed by atoms with Crippen LogP contribution in [-0.4, -0.2) is 44.9 Å². The Morgan fingerprint density at radius 3 is 2.26 bits per heavy atom. The van der Waals surface area contributed by atoms with Crippen LogP contribution in [0.1, 0.15) is 11.1 Å². The van der Waals surface area contributed by atoms with Gasteiger partial charge in [0.05, 0.1) is 51.5 Å². The van der Waals surface area contributed by atoms with Crippen molar-refractivity contribution in [1.29, 1.82) is 0 Å². The van der Waals surface area contributed by atoms with Crippen LogP contribution < -0.4 is 11.3 Å². The Labute approximate surface area is 196 Å². The number of aromatic nitrogens is 4. The Hall–Kier alpha value is -3.53. The van der Waals surface area contributed by atoms with Crippen molar-refractivity contribution in [2.45, 2.75) is 32.0 Å². The molecule has 3 atom stereocenters. The lowest BCUT2D eigenvalue weighted by molar-refractivity contribution is -0.226. The number of ether oxygens (including phenoxy) is 3. The van der Waals surface area contributed by atoms with Crippen LogP contribution in [0.4, 0.5) is 5.95 Å². The van der Waals surface area contributed by atoms with Crippen molar-refractivity contribution in [1.82, 2.24) is 19.5 Å². The third-order valence-corrected chi connectivity index (χ3v) is 5.99. The second-order valence-electron chi connectivity index (χ2n) is 8.40. The van der Waals surface area contributed by atoms with E-state index in [2.05, 4.69) is 15.0 Å². The van der Waals surface area contributed by atoms with E-state index in [1.165, 1.54) is 0 Å². The van der Waals surface area contributed by atoms with E-state index < -0.39 is 0 Å². The molecule has 0 aliphatic carbocycles. The van der Waals surface area contributed by atoms with E-state index in [4.69, 9.17) is 19.9 Å². The number of benzene rings is 2. The molecule has 1 aliphatic rings. The number of imidazole rings is 1. The van der Waals surface area contributed by atoms with Gasteiger partial charge in [0.25, 0.3) is 5.56 Å². The predicted molar refractivity (Wildman–Crippen MR) is 127 cm³/mol. The molecule has 9 heteroatoms. The SMILES string of the molecule is Nc1nc2c(ncn2C[C@@H]2O[C@H](COCc3ccccc3)[C@H]2COCc2ccccc2)c(=O)[nH]1. The van der Waals surface area contributed by atoms with Gasteiger partial charge in [-0.3, -0.25) is 9.78 Å². The highest BCUT2D eigenvalue weighted by Crippen LogP contribution is 2.31. The van der Waals surface area contributed by atoms with Gasteiger partial charge >= 0.3 is 0 Å². The van der Waals surface area contributed by atoms with E-state index in [0.29, 0.717) is 38.6 Å². The fourth-order valence-electron chi connectivity index (χ4n) is 4.18. The number of nitrogen functional groups attached to an aromatic ring is 1. The molecule has 5 rings (SSSR count). The summed E-state index contributed by atoms with van der Waals surface area (Å²) in [6.07, 6.45) is 1.39. The Balaban J connectivity index is 1.24. The summed E-state index contributed by atoms with van der Waals surface area (Å²) in [5.41, 5.74) is 8.31. The summed E-state index contributed by atoms with van der Waals surface area (Å²) < 4.78 is 20.0. The summed E-state index contributed by atoms with van der Waals surface area (Å²) in [6.45, 7) is 2.55. The quantitative estimate of drug-likeness (QED) is 0.373. The second kappa shape index (κ2) is 10.2. The number of anilines is 1. The van der Waals surface area contributed by atoms with Gasteiger partial charge in [-0.2, -0.15) is 4.98 Å². The number of aromatic amines is 1. The standard InChI is InChI=1S/C25H27N5O4/c26-25-28-23-22(24(31)29-25)27-16-30(23)11-20-19(14-32-12-17-7-3-1-4-8-17)21(34-20)15-33-13-18-9-5-2-6-10-18/h1-10,16,19-21H,11-15H2,(H3,26,28,29,31)/t19-,20-,21+/m0/s1. The number of H-pyrrole nitrogens is 1. The molecule has 0 spiro atoms. The minimum absolute atomic E-state index is 0.0590. The minimum Gasteiger partial charge on any atom is -0.376 e. The molecule has 1 aliphatic heterocycles. The molecule has 2 aromatic carbocycles. The van der Waals surface area contributed by atoms with Crippen molar-refractivity contribution in [2.24, 2.45) is 5.92 Å². The first-order chi connectivity index (χ1) is 16.7. The molecule has 3 heterocycles. The van der Waals surface area contributed by atoms with E-state index in [1.54, 1.807) is 10.9 Å². The normalized spacial score (nSPS) is 19.8. The largest absolute Gasteiger partial charge is 0.376 e. The molecule has 34 heavy (non-hydrogen) atoms. The van der Waals surface area contributed by atoms with Gasteiger partial charge in [0.15, 0.2) is 11.2 Å². The van der Waals surface area contributed by atoms with Gasteiger partial charge < -0.3 is 24.5 Å². The van der Waals surface area contributed by atoms with Gasteiger partial charge in [-0.25, -0.2) is 4.98 Å². The maximum Gasteiger partial charge on any atom is 0.280 e. The molecule has 176 valence electrons. The van der Waals surface area contributed by atoms with Crippen molar-refractivity contribution in [3.63, 3.8) is 0 Å².